The molecule has 0 bridgehead atoms. The van der Waals surface area contributed by atoms with Crippen molar-refractivity contribution in [3.05, 3.63) is 35.4 Å². The normalized spacial score (nSPS) is 10.4. The highest BCUT2D eigenvalue weighted by Crippen LogP contribution is 2.06. The number of alkyl halides is 1. The smallest absolute Gasteiger partial charge is 0.226 e. The average Bonchev–Trinajstić information content (AvgIpc) is 2.37. The number of hydrogen-bond donors (Lipinski definition) is 0. The van der Waals surface area contributed by atoms with Crippen LogP contribution in [0.2, 0.25) is 0 Å². The number of rotatable bonds is 7. The number of carbonyl (C=O) groups excluding carboxylic acids is 1. The number of halogens is 1. The average molecular weight is 268 g/mol. The Morgan fingerprint density at radius 1 is 1.17 bits per heavy atom. The second kappa shape index (κ2) is 8.15. The molecule has 0 aliphatic carbocycles. The monoisotopic (exact) mass is 267 g/mol. The third kappa shape index (κ3) is 5.54. The van der Waals surface area contributed by atoms with Crippen LogP contribution >= 0.6 is 11.6 Å². The zero-order chi connectivity index (χ0) is 13.4. The van der Waals surface area contributed by atoms with Gasteiger partial charge in [0.1, 0.15) is 0 Å². The van der Waals surface area contributed by atoms with Crippen molar-refractivity contribution in [1.29, 1.82) is 0 Å². The quantitative estimate of drug-likeness (QED) is 0.548. The molecule has 0 N–H and O–H groups in total. The summed E-state index contributed by atoms with van der Waals surface area (Å²) in [6, 6.07) is 8.13. The molecule has 0 aliphatic heterocycles. The van der Waals surface area contributed by atoms with Gasteiger partial charge in [-0.25, -0.2) is 0 Å². The van der Waals surface area contributed by atoms with Gasteiger partial charge in [0.15, 0.2) is 0 Å². The number of benzene rings is 1. The van der Waals surface area contributed by atoms with Crippen molar-refractivity contribution in [2.75, 3.05) is 19.5 Å². The van der Waals surface area contributed by atoms with Gasteiger partial charge in [-0.15, -0.1) is 11.6 Å². The Bertz CT molecular complexity index is 361. The lowest BCUT2D eigenvalue weighted by atomic mass is 10.1. The maximum Gasteiger partial charge on any atom is 0.226 e. The topological polar surface area (TPSA) is 20.3 Å². The molecule has 0 radical (unpaired) electrons. The summed E-state index contributed by atoms with van der Waals surface area (Å²) in [4.78, 5) is 13.8. The highest BCUT2D eigenvalue weighted by molar-refractivity contribution is 6.17. The van der Waals surface area contributed by atoms with Gasteiger partial charge >= 0.3 is 0 Å². The first-order chi connectivity index (χ1) is 8.63. The molecule has 0 atom stereocenters. The summed E-state index contributed by atoms with van der Waals surface area (Å²) < 4.78 is 0. The van der Waals surface area contributed by atoms with Crippen LogP contribution < -0.4 is 0 Å². The Kier molecular flexibility index (Phi) is 6.81. The van der Waals surface area contributed by atoms with E-state index in [0.29, 0.717) is 12.3 Å². The van der Waals surface area contributed by atoms with Gasteiger partial charge in [0, 0.05) is 19.5 Å². The Balaban J connectivity index is 2.33. The van der Waals surface area contributed by atoms with E-state index < -0.39 is 0 Å². The van der Waals surface area contributed by atoms with E-state index in [9.17, 15) is 4.79 Å². The van der Waals surface area contributed by atoms with E-state index in [0.717, 1.165) is 31.4 Å². The lowest BCUT2D eigenvalue weighted by Gasteiger charge is -2.17. The van der Waals surface area contributed by atoms with Crippen molar-refractivity contribution in [3.63, 3.8) is 0 Å². The highest BCUT2D eigenvalue weighted by atomic mass is 35.5. The molecule has 0 aromatic heterocycles. The molecule has 0 fully saturated rings. The number of likely N-dealkylation sites (N-methyl/N-ethyl adjacent to an activating group) is 1. The van der Waals surface area contributed by atoms with Crippen molar-refractivity contribution in [2.45, 2.75) is 32.6 Å². The summed E-state index contributed by atoms with van der Waals surface area (Å²) in [7, 11) is 1.87. The Labute approximate surface area is 115 Å². The van der Waals surface area contributed by atoms with E-state index >= 15 is 0 Å². The summed E-state index contributed by atoms with van der Waals surface area (Å²) in [6.45, 7) is 2.87. The molecule has 1 aromatic rings. The fourth-order valence-corrected chi connectivity index (χ4v) is 1.95. The number of amides is 1. The fourth-order valence-electron chi connectivity index (χ4n) is 1.76. The molecule has 1 aromatic carbocycles. The van der Waals surface area contributed by atoms with Gasteiger partial charge in [0.05, 0.1) is 6.42 Å². The van der Waals surface area contributed by atoms with Crippen LogP contribution in [0.3, 0.4) is 0 Å². The predicted molar refractivity (Wildman–Crippen MR) is 77.1 cm³/mol. The van der Waals surface area contributed by atoms with Crippen LogP contribution in [0.1, 0.15) is 30.4 Å². The molecule has 1 amide bonds. The van der Waals surface area contributed by atoms with Gasteiger partial charge in [0.2, 0.25) is 5.91 Å². The first-order valence-corrected chi connectivity index (χ1v) is 7.02. The van der Waals surface area contributed by atoms with Gasteiger partial charge in [-0.1, -0.05) is 36.2 Å². The summed E-state index contributed by atoms with van der Waals surface area (Å²) >= 11 is 5.62. The molecule has 0 spiro atoms. The molecule has 0 saturated carbocycles. The molecular weight excluding hydrogens is 246 g/mol. The van der Waals surface area contributed by atoms with E-state index in [2.05, 4.69) is 6.92 Å². The lowest BCUT2D eigenvalue weighted by Crippen LogP contribution is -2.29. The standard InChI is InChI=1S/C15H22ClNO/c1-13-6-8-14(9-7-13)12-15(18)17(2)11-5-3-4-10-16/h6-9H,3-5,10-12H2,1-2H3. The van der Waals surface area contributed by atoms with Gasteiger partial charge < -0.3 is 4.90 Å². The molecule has 0 saturated heterocycles. The Morgan fingerprint density at radius 2 is 1.83 bits per heavy atom. The molecule has 2 nitrogen and oxygen atoms in total. The van der Waals surface area contributed by atoms with Crippen molar-refractivity contribution in [1.82, 2.24) is 4.90 Å². The van der Waals surface area contributed by atoms with Gasteiger partial charge in [0.25, 0.3) is 0 Å². The van der Waals surface area contributed by atoms with Crippen molar-refractivity contribution in [2.24, 2.45) is 0 Å². The van der Waals surface area contributed by atoms with Crippen LogP contribution in [0.25, 0.3) is 0 Å². The molecule has 0 heterocycles. The summed E-state index contributed by atoms with van der Waals surface area (Å²) in [5.41, 5.74) is 2.30. The second-order valence-electron chi connectivity index (χ2n) is 4.73. The first-order valence-electron chi connectivity index (χ1n) is 6.49. The largest absolute Gasteiger partial charge is 0.345 e. The minimum atomic E-state index is 0.185. The summed E-state index contributed by atoms with van der Waals surface area (Å²) in [6.07, 6.45) is 3.64. The van der Waals surface area contributed by atoms with E-state index in [4.69, 9.17) is 11.6 Å². The third-order valence-electron chi connectivity index (χ3n) is 3.03. The molecule has 1 rings (SSSR count). The Hall–Kier alpha value is -1.02. The minimum absolute atomic E-state index is 0.185. The molecule has 0 aliphatic rings. The van der Waals surface area contributed by atoms with Crippen LogP contribution in [-0.4, -0.2) is 30.3 Å². The van der Waals surface area contributed by atoms with Gasteiger partial charge in [-0.05, 0) is 25.3 Å². The predicted octanol–water partition coefficient (Wildman–Crippen LogP) is 3.41. The van der Waals surface area contributed by atoms with Gasteiger partial charge in [-0.3, -0.25) is 4.79 Å². The second-order valence-corrected chi connectivity index (χ2v) is 5.11. The lowest BCUT2D eigenvalue weighted by molar-refractivity contribution is -0.129. The van der Waals surface area contributed by atoms with Crippen molar-refractivity contribution >= 4 is 17.5 Å². The number of hydrogen-bond acceptors (Lipinski definition) is 1. The fraction of sp³-hybridized carbons (Fsp3) is 0.533. The number of unbranched alkanes of at least 4 members (excludes halogenated alkanes) is 2. The molecule has 18 heavy (non-hydrogen) atoms. The minimum Gasteiger partial charge on any atom is -0.345 e. The zero-order valence-corrected chi connectivity index (χ0v) is 12.0. The SMILES string of the molecule is Cc1ccc(CC(=O)N(C)CCCCCCl)cc1. The van der Waals surface area contributed by atoms with Gasteiger partial charge in [-0.2, -0.15) is 0 Å². The van der Waals surface area contributed by atoms with E-state index in [1.54, 1.807) is 0 Å². The van der Waals surface area contributed by atoms with Crippen LogP contribution in [-0.2, 0) is 11.2 Å². The number of carbonyl (C=O) groups is 1. The van der Waals surface area contributed by atoms with Crippen LogP contribution in [0, 0.1) is 6.92 Å². The van der Waals surface area contributed by atoms with Crippen molar-refractivity contribution in [3.8, 4) is 0 Å². The number of aryl methyl sites for hydroxylation is 1. The van der Waals surface area contributed by atoms with Crippen LogP contribution in [0.15, 0.2) is 24.3 Å². The molecule has 100 valence electrons. The Morgan fingerprint density at radius 3 is 2.44 bits per heavy atom. The molecule has 0 unspecified atom stereocenters. The van der Waals surface area contributed by atoms with Crippen LogP contribution in [0.5, 0.6) is 0 Å². The van der Waals surface area contributed by atoms with Crippen LogP contribution in [0.4, 0.5) is 0 Å². The highest BCUT2D eigenvalue weighted by Gasteiger charge is 2.08. The zero-order valence-electron chi connectivity index (χ0n) is 11.3. The first kappa shape index (κ1) is 15.0. The molecule has 3 heteroatoms. The van der Waals surface area contributed by atoms with E-state index in [1.807, 2.05) is 36.2 Å². The summed E-state index contributed by atoms with van der Waals surface area (Å²) in [5, 5.41) is 0. The third-order valence-corrected chi connectivity index (χ3v) is 3.30. The van der Waals surface area contributed by atoms with Crippen molar-refractivity contribution < 1.29 is 4.79 Å². The van der Waals surface area contributed by atoms with E-state index in [-0.39, 0.29) is 5.91 Å². The maximum atomic E-state index is 12.0. The summed E-state index contributed by atoms with van der Waals surface area (Å²) in [5.74, 6) is 0.894. The number of nitrogens with zero attached hydrogens (tertiary/aromatic N) is 1. The van der Waals surface area contributed by atoms with E-state index in [1.165, 1.54) is 5.56 Å². The molecular formula is C15H22ClNO. The maximum absolute atomic E-state index is 12.0.